The van der Waals surface area contributed by atoms with Gasteiger partial charge < -0.3 is 9.72 Å². The third kappa shape index (κ3) is 3.66. The molecule has 0 aliphatic rings. The molecule has 0 unspecified atom stereocenters. The zero-order valence-corrected chi connectivity index (χ0v) is 20.4. The lowest BCUT2D eigenvalue weighted by atomic mass is 9.97. The monoisotopic (exact) mass is 465 g/mol. The molecule has 0 saturated heterocycles. The van der Waals surface area contributed by atoms with Crippen LogP contribution in [0.25, 0.3) is 55.4 Å². The Hall–Kier alpha value is -4.63. The third-order valence-corrected chi connectivity index (χ3v) is 6.77. The van der Waals surface area contributed by atoms with Crippen molar-refractivity contribution in [3.05, 3.63) is 127 Å². The second kappa shape index (κ2) is 9.20. The number of nitrogens with one attached hydrogen (secondary N) is 1. The van der Waals surface area contributed by atoms with Gasteiger partial charge in [0.1, 0.15) is 0 Å². The Morgan fingerprint density at radius 2 is 1.50 bits per heavy atom. The minimum Gasteiger partial charge on any atom is -0.388 e. The summed E-state index contributed by atoms with van der Waals surface area (Å²) >= 11 is 0. The van der Waals surface area contributed by atoms with Crippen LogP contribution >= 0.6 is 0 Å². The summed E-state index contributed by atoms with van der Waals surface area (Å²) in [4.78, 5) is 4.79. The van der Waals surface area contributed by atoms with Crippen LogP contribution in [-0.2, 0) is 0 Å². The Labute approximate surface area is 211 Å². The fraction of sp³-hybridized carbons (Fsp3) is 0.0606. The minimum atomic E-state index is 0.996. The number of hydrogen-bond acceptors (Lipinski definition) is 2. The number of hydrogen-bond donors (Lipinski definition) is 1. The van der Waals surface area contributed by atoms with E-state index in [1.165, 1.54) is 33.2 Å². The lowest BCUT2D eigenvalue weighted by Crippen LogP contribution is -2.03. The van der Waals surface area contributed by atoms with Crippen LogP contribution < -0.4 is 5.32 Å². The predicted octanol–water partition coefficient (Wildman–Crippen LogP) is 8.11. The molecule has 0 fully saturated rings. The molecule has 0 bridgehead atoms. The van der Waals surface area contributed by atoms with E-state index in [9.17, 15) is 0 Å². The van der Waals surface area contributed by atoms with Crippen molar-refractivity contribution in [2.75, 3.05) is 7.05 Å². The van der Waals surface area contributed by atoms with Crippen molar-refractivity contribution in [1.82, 2.24) is 14.7 Å². The highest BCUT2D eigenvalue weighted by atomic mass is 14.9. The summed E-state index contributed by atoms with van der Waals surface area (Å²) in [6, 6.07) is 34.5. The average Bonchev–Trinajstić information content (AvgIpc) is 3.29. The van der Waals surface area contributed by atoms with Gasteiger partial charge in [0.2, 0.25) is 0 Å². The highest BCUT2D eigenvalue weighted by Crippen LogP contribution is 2.38. The van der Waals surface area contributed by atoms with Crippen LogP contribution in [-0.4, -0.2) is 16.4 Å². The van der Waals surface area contributed by atoms with Gasteiger partial charge in [-0.3, -0.25) is 4.98 Å². The third-order valence-electron chi connectivity index (χ3n) is 6.77. The molecule has 0 aliphatic heterocycles. The predicted molar refractivity (Wildman–Crippen MR) is 153 cm³/mol. The summed E-state index contributed by atoms with van der Waals surface area (Å²) in [6.45, 7) is 2.02. The Balaban J connectivity index is 1.50. The molecule has 2 heterocycles. The Morgan fingerprint density at radius 3 is 2.31 bits per heavy atom. The summed E-state index contributed by atoms with van der Waals surface area (Å²) in [5.41, 5.74) is 11.5. The number of para-hydroxylation sites is 3. The zero-order chi connectivity index (χ0) is 24.5. The van der Waals surface area contributed by atoms with E-state index in [-0.39, 0.29) is 0 Å². The minimum absolute atomic E-state index is 0.996. The van der Waals surface area contributed by atoms with Crippen molar-refractivity contribution in [1.29, 1.82) is 0 Å². The van der Waals surface area contributed by atoms with Crippen LogP contribution in [0.3, 0.4) is 0 Å². The van der Waals surface area contributed by atoms with Crippen molar-refractivity contribution in [2.24, 2.45) is 0 Å². The second-order valence-corrected chi connectivity index (χ2v) is 8.87. The first-order valence-corrected chi connectivity index (χ1v) is 12.3. The van der Waals surface area contributed by atoms with Gasteiger partial charge in [-0.15, -0.1) is 0 Å². The van der Waals surface area contributed by atoms with E-state index >= 15 is 0 Å². The molecule has 0 atom stereocenters. The molecule has 2 aromatic heterocycles. The average molecular weight is 466 g/mol. The molecule has 0 saturated carbocycles. The SMILES string of the molecule is C/C=C\C=C(/NC)c1ccc(-c2cccc(-c3c4ccccc4n4c3cnc3ccccc34)c2)cc1. The van der Waals surface area contributed by atoms with Crippen molar-refractivity contribution in [3.8, 4) is 22.3 Å². The Morgan fingerprint density at radius 1 is 0.750 bits per heavy atom. The van der Waals surface area contributed by atoms with Gasteiger partial charge >= 0.3 is 0 Å². The van der Waals surface area contributed by atoms with E-state index in [1.54, 1.807) is 0 Å². The number of aromatic nitrogens is 2. The highest BCUT2D eigenvalue weighted by Gasteiger charge is 2.16. The number of benzene rings is 4. The summed E-state index contributed by atoms with van der Waals surface area (Å²) in [5, 5.41) is 4.52. The van der Waals surface area contributed by atoms with Gasteiger partial charge in [-0.2, -0.15) is 0 Å². The smallest absolute Gasteiger partial charge is 0.0871 e. The van der Waals surface area contributed by atoms with Crippen LogP contribution in [0.5, 0.6) is 0 Å². The maximum atomic E-state index is 4.79. The second-order valence-electron chi connectivity index (χ2n) is 8.87. The first-order chi connectivity index (χ1) is 17.8. The van der Waals surface area contributed by atoms with Gasteiger partial charge in [-0.25, -0.2) is 0 Å². The van der Waals surface area contributed by atoms with E-state index in [4.69, 9.17) is 4.98 Å². The number of nitrogens with zero attached hydrogens (tertiary/aromatic N) is 2. The lowest BCUT2D eigenvalue weighted by molar-refractivity contribution is 1.13. The maximum Gasteiger partial charge on any atom is 0.0871 e. The summed E-state index contributed by atoms with van der Waals surface area (Å²) in [5.74, 6) is 0. The molecular weight excluding hydrogens is 438 g/mol. The first-order valence-electron chi connectivity index (χ1n) is 12.3. The van der Waals surface area contributed by atoms with Crippen molar-refractivity contribution in [3.63, 3.8) is 0 Å². The number of fused-ring (bicyclic) bond motifs is 5. The van der Waals surface area contributed by atoms with E-state index in [1.807, 2.05) is 38.4 Å². The number of allylic oxidation sites excluding steroid dienone is 3. The molecule has 3 heteroatoms. The maximum absolute atomic E-state index is 4.79. The van der Waals surface area contributed by atoms with Gasteiger partial charge in [0.05, 0.1) is 28.3 Å². The fourth-order valence-electron chi connectivity index (χ4n) is 5.05. The molecule has 4 aromatic carbocycles. The van der Waals surface area contributed by atoms with Crippen molar-refractivity contribution < 1.29 is 0 Å². The van der Waals surface area contributed by atoms with E-state index in [2.05, 4.69) is 107 Å². The largest absolute Gasteiger partial charge is 0.388 e. The molecule has 0 aliphatic carbocycles. The molecule has 1 N–H and O–H groups in total. The van der Waals surface area contributed by atoms with Gasteiger partial charge in [-0.1, -0.05) is 84.9 Å². The molecular formula is C33H27N3. The molecule has 0 amide bonds. The van der Waals surface area contributed by atoms with E-state index < -0.39 is 0 Å². The normalized spacial score (nSPS) is 12.2. The first kappa shape index (κ1) is 21.9. The van der Waals surface area contributed by atoms with Crippen molar-refractivity contribution in [2.45, 2.75) is 6.92 Å². The molecule has 6 aromatic rings. The quantitative estimate of drug-likeness (QED) is 0.261. The summed E-state index contributed by atoms with van der Waals surface area (Å²) < 4.78 is 2.34. The van der Waals surface area contributed by atoms with E-state index in [0.29, 0.717) is 0 Å². The van der Waals surface area contributed by atoms with Gasteiger partial charge in [-0.05, 0) is 59.5 Å². The van der Waals surface area contributed by atoms with Gasteiger partial charge in [0.25, 0.3) is 0 Å². The highest BCUT2D eigenvalue weighted by molar-refractivity contribution is 6.08. The molecule has 0 radical (unpaired) electrons. The number of rotatable bonds is 5. The standard InChI is InChI=1S/C33H27N3/c1-3-4-13-28(34-2)24-19-17-23(18-20-24)25-10-9-11-26(21-25)33-27-12-5-7-15-30(27)36-31-16-8-6-14-29(31)35-22-32(33)36/h3-22,34H,1-2H3/b4-3-,28-13-. The Kier molecular flexibility index (Phi) is 5.59. The summed E-state index contributed by atoms with van der Waals surface area (Å²) in [6.07, 6.45) is 8.19. The Bertz CT molecular complexity index is 1770. The van der Waals surface area contributed by atoms with Gasteiger partial charge in [0.15, 0.2) is 0 Å². The van der Waals surface area contributed by atoms with Crippen LogP contribution in [0.1, 0.15) is 12.5 Å². The molecule has 174 valence electrons. The van der Waals surface area contributed by atoms with Gasteiger partial charge in [0, 0.05) is 23.7 Å². The van der Waals surface area contributed by atoms with Crippen LogP contribution in [0.4, 0.5) is 0 Å². The lowest BCUT2D eigenvalue weighted by Gasteiger charge is -2.10. The van der Waals surface area contributed by atoms with Crippen molar-refractivity contribution >= 4 is 33.2 Å². The van der Waals surface area contributed by atoms with Crippen LogP contribution in [0.15, 0.2) is 121 Å². The molecule has 36 heavy (non-hydrogen) atoms. The fourth-order valence-corrected chi connectivity index (χ4v) is 5.05. The van der Waals surface area contributed by atoms with E-state index in [0.717, 1.165) is 27.8 Å². The van der Waals surface area contributed by atoms with Crippen LogP contribution in [0.2, 0.25) is 0 Å². The molecule has 0 spiro atoms. The topological polar surface area (TPSA) is 29.3 Å². The molecule has 6 rings (SSSR count). The molecule has 3 nitrogen and oxygen atoms in total. The van der Waals surface area contributed by atoms with Crippen LogP contribution in [0, 0.1) is 0 Å². The zero-order valence-electron chi connectivity index (χ0n) is 20.4. The summed E-state index contributed by atoms with van der Waals surface area (Å²) in [7, 11) is 1.96.